The number of halogens is 1. The normalized spacial score (nSPS) is 14.6. The molecule has 0 bridgehead atoms. The van der Waals surface area contributed by atoms with E-state index >= 15 is 0 Å². The molecule has 0 saturated carbocycles. The Balaban J connectivity index is 1.81. The minimum Gasteiger partial charge on any atom is -0.493 e. The molecule has 0 fully saturated rings. The molecule has 0 unspecified atom stereocenters. The fraction of sp³-hybridized carbons (Fsp3) is 0.286. The number of aromatic nitrogens is 3. The number of fused-ring (bicyclic) bond motifs is 3. The quantitative estimate of drug-likeness (QED) is 0.466. The van der Waals surface area contributed by atoms with Gasteiger partial charge in [-0.3, -0.25) is 0 Å². The van der Waals surface area contributed by atoms with E-state index < -0.39 is 6.23 Å². The number of nitrogens with one attached hydrogen (secondary N) is 1. The Kier molecular flexibility index (Phi) is 6.29. The van der Waals surface area contributed by atoms with Crippen molar-refractivity contribution in [1.82, 2.24) is 15.2 Å². The number of hydrogen-bond acceptors (Lipinski definition) is 8. The topological polar surface area (TPSA) is 78.4 Å². The van der Waals surface area contributed by atoms with Gasteiger partial charge in [-0.05, 0) is 24.6 Å². The molecule has 2 aromatic carbocycles. The van der Waals surface area contributed by atoms with Crippen molar-refractivity contribution in [3.63, 3.8) is 0 Å². The van der Waals surface area contributed by atoms with Gasteiger partial charge in [-0.1, -0.05) is 52.8 Å². The molecule has 3 aromatic rings. The van der Waals surface area contributed by atoms with E-state index in [0.29, 0.717) is 28.2 Å². The lowest BCUT2D eigenvalue weighted by atomic mass is 10.1. The number of para-hydroxylation sites is 1. The fourth-order valence-electron chi connectivity index (χ4n) is 3.11. The number of thioether (sulfide) groups is 1. The second kappa shape index (κ2) is 9.09. The van der Waals surface area contributed by atoms with Crippen molar-refractivity contribution in [3.05, 3.63) is 46.4 Å². The van der Waals surface area contributed by atoms with Crippen LogP contribution in [0.1, 0.15) is 25.1 Å². The summed E-state index contributed by atoms with van der Waals surface area (Å²) in [5.41, 5.74) is 3.22. The lowest BCUT2D eigenvalue weighted by Crippen LogP contribution is -2.18. The number of anilines is 1. The number of hydrogen-bond donors (Lipinski definition) is 1. The van der Waals surface area contributed by atoms with E-state index in [9.17, 15) is 0 Å². The van der Waals surface area contributed by atoms with Gasteiger partial charge in [0.25, 0.3) is 0 Å². The molecule has 30 heavy (non-hydrogen) atoms. The van der Waals surface area contributed by atoms with E-state index in [0.717, 1.165) is 33.5 Å². The van der Waals surface area contributed by atoms with Gasteiger partial charge in [0.15, 0.2) is 23.4 Å². The Labute approximate surface area is 187 Å². The molecule has 0 saturated heterocycles. The molecule has 0 spiro atoms. The second-order valence-corrected chi connectivity index (χ2v) is 8.43. The van der Waals surface area contributed by atoms with Gasteiger partial charge in [-0.25, -0.2) is 0 Å². The highest BCUT2D eigenvalue weighted by molar-refractivity contribution is 9.10. The van der Waals surface area contributed by atoms with Crippen LogP contribution in [0.5, 0.6) is 17.4 Å². The fourth-order valence-corrected chi connectivity index (χ4v) is 4.28. The minimum atomic E-state index is -0.526. The average Bonchev–Trinajstić information content (AvgIpc) is 2.93. The predicted molar refractivity (Wildman–Crippen MR) is 121 cm³/mol. The third-order valence-corrected chi connectivity index (χ3v) is 6.28. The molecule has 0 aliphatic carbocycles. The zero-order chi connectivity index (χ0) is 21.1. The molecule has 4 rings (SSSR count). The Morgan fingerprint density at radius 1 is 1.13 bits per heavy atom. The lowest BCUT2D eigenvalue weighted by Gasteiger charge is -2.22. The summed E-state index contributed by atoms with van der Waals surface area (Å²) in [4.78, 5) is 4.65. The smallest absolute Gasteiger partial charge is 0.247 e. The van der Waals surface area contributed by atoms with Crippen LogP contribution in [0.3, 0.4) is 0 Å². The number of ether oxygens (including phenoxy) is 3. The van der Waals surface area contributed by atoms with Crippen molar-refractivity contribution in [2.24, 2.45) is 0 Å². The molecule has 9 heteroatoms. The maximum atomic E-state index is 6.34. The Morgan fingerprint density at radius 3 is 2.67 bits per heavy atom. The van der Waals surface area contributed by atoms with Crippen LogP contribution < -0.4 is 19.5 Å². The number of benzene rings is 2. The molecule has 0 radical (unpaired) electrons. The van der Waals surface area contributed by atoms with Crippen LogP contribution in [0, 0.1) is 0 Å². The van der Waals surface area contributed by atoms with Crippen molar-refractivity contribution < 1.29 is 14.2 Å². The summed E-state index contributed by atoms with van der Waals surface area (Å²) in [6.45, 7) is 2.12. The molecular weight excluding hydrogens is 468 g/mol. The summed E-state index contributed by atoms with van der Waals surface area (Å²) in [6.07, 6.45) is 0.500. The molecule has 0 amide bonds. The molecule has 1 N–H and O–H groups in total. The molecular formula is C21H21BrN4O3S. The van der Waals surface area contributed by atoms with Crippen LogP contribution in [0.25, 0.3) is 11.3 Å². The highest BCUT2D eigenvalue weighted by Crippen LogP contribution is 2.43. The molecule has 1 aromatic heterocycles. The second-order valence-electron chi connectivity index (χ2n) is 6.51. The van der Waals surface area contributed by atoms with Crippen molar-refractivity contribution in [2.45, 2.75) is 24.7 Å². The molecule has 1 aliphatic heterocycles. The first kappa shape index (κ1) is 20.7. The zero-order valence-electron chi connectivity index (χ0n) is 16.8. The highest BCUT2D eigenvalue weighted by Gasteiger charge is 2.28. The van der Waals surface area contributed by atoms with Crippen molar-refractivity contribution >= 4 is 33.4 Å². The van der Waals surface area contributed by atoms with Crippen LogP contribution in [-0.2, 0) is 0 Å². The van der Waals surface area contributed by atoms with Gasteiger partial charge in [0.1, 0.15) is 0 Å². The Morgan fingerprint density at radius 2 is 1.90 bits per heavy atom. The SMILES string of the molecule is CCCSc1nnc2c(n1)O[C@@H](c1cc(OC)c(OC)cc1Br)Nc1ccccc1-2. The molecule has 2 heterocycles. The average molecular weight is 489 g/mol. The summed E-state index contributed by atoms with van der Waals surface area (Å²) >= 11 is 5.19. The summed E-state index contributed by atoms with van der Waals surface area (Å²) < 4.78 is 18.0. The standard InChI is InChI=1S/C21H21BrN4O3S/c1-4-9-30-21-24-20-18(25-26-21)12-7-5-6-8-15(12)23-19(29-20)13-10-16(27-2)17(28-3)11-14(13)22/h5-8,10-11,19,23H,4,9H2,1-3H3/t19-/m0/s1. The van der Waals surface area contributed by atoms with E-state index in [-0.39, 0.29) is 0 Å². The van der Waals surface area contributed by atoms with Gasteiger partial charge in [0.05, 0.1) is 14.2 Å². The first-order valence-corrected chi connectivity index (χ1v) is 11.2. The Bertz CT molecular complexity index is 1070. The lowest BCUT2D eigenvalue weighted by molar-refractivity contribution is 0.223. The first-order valence-electron chi connectivity index (χ1n) is 9.46. The van der Waals surface area contributed by atoms with Gasteiger partial charge in [-0.15, -0.1) is 10.2 Å². The monoisotopic (exact) mass is 488 g/mol. The van der Waals surface area contributed by atoms with E-state index in [1.54, 1.807) is 26.0 Å². The number of methoxy groups -OCH3 is 2. The molecule has 1 aliphatic rings. The Hall–Kier alpha value is -2.52. The van der Waals surface area contributed by atoms with Gasteiger partial charge in [0.2, 0.25) is 11.0 Å². The van der Waals surface area contributed by atoms with Gasteiger partial charge < -0.3 is 19.5 Å². The number of nitrogens with zero attached hydrogens (tertiary/aromatic N) is 3. The van der Waals surface area contributed by atoms with Crippen LogP contribution >= 0.6 is 27.7 Å². The number of rotatable bonds is 6. The first-order chi connectivity index (χ1) is 14.6. The van der Waals surface area contributed by atoms with E-state index in [4.69, 9.17) is 14.2 Å². The van der Waals surface area contributed by atoms with Gasteiger partial charge in [-0.2, -0.15) is 4.98 Å². The van der Waals surface area contributed by atoms with Crippen LogP contribution in [0.2, 0.25) is 0 Å². The molecule has 156 valence electrons. The van der Waals surface area contributed by atoms with Gasteiger partial charge in [0, 0.05) is 27.0 Å². The zero-order valence-corrected chi connectivity index (χ0v) is 19.2. The molecule has 1 atom stereocenters. The van der Waals surface area contributed by atoms with Crippen molar-refractivity contribution in [2.75, 3.05) is 25.3 Å². The third kappa shape index (κ3) is 4.04. The minimum absolute atomic E-state index is 0.438. The maximum Gasteiger partial charge on any atom is 0.247 e. The van der Waals surface area contributed by atoms with E-state index in [1.807, 2.05) is 36.4 Å². The molecule has 7 nitrogen and oxygen atoms in total. The van der Waals surface area contributed by atoms with E-state index in [1.165, 1.54) is 0 Å². The van der Waals surface area contributed by atoms with Gasteiger partial charge >= 0.3 is 0 Å². The van der Waals surface area contributed by atoms with Crippen LogP contribution in [0.4, 0.5) is 5.69 Å². The van der Waals surface area contributed by atoms with Crippen molar-refractivity contribution in [3.8, 4) is 28.6 Å². The van der Waals surface area contributed by atoms with Crippen LogP contribution in [-0.4, -0.2) is 35.2 Å². The maximum absolute atomic E-state index is 6.34. The third-order valence-electron chi connectivity index (χ3n) is 4.55. The summed E-state index contributed by atoms with van der Waals surface area (Å²) in [5, 5.41) is 12.8. The predicted octanol–water partition coefficient (Wildman–Crippen LogP) is 5.32. The summed E-state index contributed by atoms with van der Waals surface area (Å²) in [6, 6.07) is 11.6. The summed E-state index contributed by atoms with van der Waals surface area (Å²) in [5.74, 6) is 2.59. The van der Waals surface area contributed by atoms with E-state index in [2.05, 4.69) is 43.4 Å². The van der Waals surface area contributed by atoms with Crippen molar-refractivity contribution in [1.29, 1.82) is 0 Å². The van der Waals surface area contributed by atoms with Crippen LogP contribution in [0.15, 0.2) is 46.0 Å². The largest absolute Gasteiger partial charge is 0.493 e. The highest BCUT2D eigenvalue weighted by atomic mass is 79.9. The summed E-state index contributed by atoms with van der Waals surface area (Å²) in [7, 11) is 3.21.